The number of esters is 1. The molecule has 0 radical (unpaired) electrons. The van der Waals surface area contributed by atoms with Gasteiger partial charge in [-0.05, 0) is 60.5 Å². The fourth-order valence-electron chi connectivity index (χ4n) is 4.51. The molecule has 3 aromatic carbocycles. The Labute approximate surface area is 244 Å². The van der Waals surface area contributed by atoms with Crippen molar-refractivity contribution in [2.24, 2.45) is 5.73 Å². The second-order valence-corrected chi connectivity index (χ2v) is 12.6. The van der Waals surface area contributed by atoms with Crippen LogP contribution in [-0.2, 0) is 19.4 Å². The minimum absolute atomic E-state index is 0.00858. The molecule has 1 aliphatic heterocycles. The number of allylic oxidation sites excluding steroid dienone is 1. The molecule has 0 bridgehead atoms. The molecule has 0 fully saturated rings. The summed E-state index contributed by atoms with van der Waals surface area (Å²) in [5, 5.41) is 0.959. The third-order valence-electron chi connectivity index (χ3n) is 6.31. The van der Waals surface area contributed by atoms with Crippen LogP contribution < -0.4 is 20.5 Å². The first-order chi connectivity index (χ1) is 19.1. The molecule has 7 nitrogen and oxygen atoms in total. The number of hydrogen-bond acceptors (Lipinski definition) is 7. The number of nitrogens with two attached hydrogens (primary N) is 1. The van der Waals surface area contributed by atoms with Crippen LogP contribution in [0.4, 0.5) is 0 Å². The van der Waals surface area contributed by atoms with E-state index < -0.39 is 27.3 Å². The summed E-state index contributed by atoms with van der Waals surface area (Å²) in [6.07, 6.45) is 1.63. The highest BCUT2D eigenvalue weighted by atomic mass is 35.5. The smallest absolute Gasteiger partial charge is 0.338 e. The number of carbonyl (C=O) groups is 1. The number of sulfone groups is 1. The van der Waals surface area contributed by atoms with Crippen molar-refractivity contribution in [1.82, 2.24) is 4.57 Å². The molecule has 2 heterocycles. The molecule has 0 aliphatic carbocycles. The van der Waals surface area contributed by atoms with Gasteiger partial charge in [-0.25, -0.2) is 13.2 Å². The van der Waals surface area contributed by atoms with E-state index in [0.717, 1.165) is 15.9 Å². The lowest BCUT2D eigenvalue weighted by Crippen LogP contribution is -2.41. The van der Waals surface area contributed by atoms with Crippen LogP contribution in [0.3, 0.4) is 0 Å². The number of aromatic nitrogens is 1. The predicted octanol–water partition coefficient (Wildman–Crippen LogP) is 4.12. The Bertz CT molecular complexity index is 1930. The highest BCUT2D eigenvalue weighted by molar-refractivity contribution is 7.95. The third-order valence-corrected chi connectivity index (χ3v) is 9.84. The average Bonchev–Trinajstić information content (AvgIpc) is 3.26. The molecule has 204 valence electrons. The summed E-state index contributed by atoms with van der Waals surface area (Å²) in [5.41, 5.74) is 7.14. The Balaban J connectivity index is 1.92. The zero-order chi connectivity index (χ0) is 28.6. The van der Waals surface area contributed by atoms with Crippen molar-refractivity contribution in [1.29, 1.82) is 0 Å². The van der Waals surface area contributed by atoms with Crippen molar-refractivity contribution in [3.05, 3.63) is 124 Å². The van der Waals surface area contributed by atoms with E-state index in [4.69, 9.17) is 33.7 Å². The molecule has 40 heavy (non-hydrogen) atoms. The maximum Gasteiger partial charge on any atom is 0.338 e. The van der Waals surface area contributed by atoms with Gasteiger partial charge in [-0.2, -0.15) is 0 Å². The maximum absolute atomic E-state index is 14.2. The average molecular weight is 614 g/mol. The summed E-state index contributed by atoms with van der Waals surface area (Å²) in [6, 6.07) is 21.0. The molecule has 0 spiro atoms. The van der Waals surface area contributed by atoms with E-state index >= 15 is 0 Å². The topological polar surface area (TPSA) is 108 Å². The van der Waals surface area contributed by atoms with E-state index in [0.29, 0.717) is 21.2 Å². The Morgan fingerprint density at radius 1 is 1.00 bits per heavy atom. The number of halogens is 2. The van der Waals surface area contributed by atoms with Crippen LogP contribution in [0.2, 0.25) is 10.0 Å². The summed E-state index contributed by atoms with van der Waals surface area (Å²) in [7, 11) is -4.30. The number of rotatable bonds is 6. The van der Waals surface area contributed by atoms with E-state index in [1.54, 1.807) is 79.7 Å². The van der Waals surface area contributed by atoms with Crippen molar-refractivity contribution >= 4 is 67.8 Å². The molecule has 2 N–H and O–H groups in total. The second-order valence-electron chi connectivity index (χ2n) is 8.79. The van der Waals surface area contributed by atoms with Gasteiger partial charge in [0.05, 0.1) is 27.5 Å². The lowest BCUT2D eigenvalue weighted by Gasteiger charge is -2.28. The maximum atomic E-state index is 14.2. The van der Waals surface area contributed by atoms with Gasteiger partial charge in [0.2, 0.25) is 9.84 Å². The van der Waals surface area contributed by atoms with Gasteiger partial charge >= 0.3 is 5.97 Å². The fraction of sp³-hybridized carbons (Fsp3) is 0.103. The fourth-order valence-corrected chi connectivity index (χ4v) is 7.63. The van der Waals surface area contributed by atoms with Gasteiger partial charge in [0.15, 0.2) is 0 Å². The number of ether oxygens (including phenoxy) is 1. The van der Waals surface area contributed by atoms with Crippen LogP contribution in [0.5, 0.6) is 0 Å². The zero-order valence-corrected chi connectivity index (χ0v) is 24.2. The zero-order valence-electron chi connectivity index (χ0n) is 21.0. The molecule has 11 heteroatoms. The van der Waals surface area contributed by atoms with Crippen molar-refractivity contribution in [2.75, 3.05) is 6.61 Å². The minimum atomic E-state index is -4.30. The normalized spacial score (nSPS) is 15.7. The van der Waals surface area contributed by atoms with Crippen LogP contribution in [0.25, 0.3) is 17.5 Å². The number of fused-ring (bicyclic) bond motifs is 1. The predicted molar refractivity (Wildman–Crippen MR) is 158 cm³/mol. The summed E-state index contributed by atoms with van der Waals surface area (Å²) in [6.45, 7) is 1.68. The van der Waals surface area contributed by atoms with E-state index in [9.17, 15) is 18.0 Å². The largest absolute Gasteiger partial charge is 0.463 e. The van der Waals surface area contributed by atoms with Crippen LogP contribution in [0, 0.1) is 0 Å². The third kappa shape index (κ3) is 5.01. The molecular formula is C29H22Cl2N2O5S2. The van der Waals surface area contributed by atoms with Gasteiger partial charge < -0.3 is 10.5 Å². The summed E-state index contributed by atoms with van der Waals surface area (Å²) in [5.74, 6) is -2.21. The van der Waals surface area contributed by atoms with Gasteiger partial charge in [-0.15, -0.1) is 11.3 Å². The Kier molecular flexibility index (Phi) is 7.74. The van der Waals surface area contributed by atoms with E-state index in [2.05, 4.69) is 0 Å². The van der Waals surface area contributed by atoms with Crippen molar-refractivity contribution < 1.29 is 17.9 Å². The molecular weight excluding hydrogens is 591 g/mol. The lowest BCUT2D eigenvalue weighted by atomic mass is 9.89. The van der Waals surface area contributed by atoms with Crippen molar-refractivity contribution in [2.45, 2.75) is 17.7 Å². The highest BCUT2D eigenvalue weighted by Gasteiger charge is 2.42. The number of thiazole rings is 1. The van der Waals surface area contributed by atoms with Crippen LogP contribution in [-0.4, -0.2) is 25.6 Å². The number of carbonyl (C=O) groups excluding carboxylic acids is 1. The molecule has 1 aromatic heterocycles. The number of benzene rings is 3. The lowest BCUT2D eigenvalue weighted by molar-refractivity contribution is -0.136. The Morgan fingerprint density at radius 3 is 2.20 bits per heavy atom. The van der Waals surface area contributed by atoms with Crippen LogP contribution >= 0.6 is 34.5 Å². The number of hydrogen-bond donors (Lipinski definition) is 1. The van der Waals surface area contributed by atoms with Crippen molar-refractivity contribution in [3.8, 4) is 0 Å². The highest BCUT2D eigenvalue weighted by Crippen LogP contribution is 2.42. The second kappa shape index (κ2) is 11.1. The SMILES string of the molecule is CCOC(=O)C1=c2s/c(=C\c3ccc(Cl)cc3)c(=O)n2C(N)=C(S(=O)(=O)c2ccccc2)[C@@H]1c1ccc(Cl)cc1. The van der Waals surface area contributed by atoms with E-state index in [-0.39, 0.29) is 37.0 Å². The summed E-state index contributed by atoms with van der Waals surface area (Å²) < 4.78 is 35.2. The molecule has 1 aliphatic rings. The summed E-state index contributed by atoms with van der Waals surface area (Å²) >= 11 is 13.2. The molecule has 0 amide bonds. The van der Waals surface area contributed by atoms with Gasteiger partial charge in [0.1, 0.15) is 15.4 Å². The molecule has 5 rings (SSSR count). The number of nitrogens with zero attached hydrogens (tertiary/aromatic N) is 1. The molecule has 0 unspecified atom stereocenters. The summed E-state index contributed by atoms with van der Waals surface area (Å²) in [4.78, 5) is 27.0. The van der Waals surface area contributed by atoms with Gasteiger partial charge in [0, 0.05) is 10.0 Å². The van der Waals surface area contributed by atoms with E-state index in [1.165, 1.54) is 12.1 Å². The minimum Gasteiger partial charge on any atom is -0.463 e. The molecule has 0 saturated carbocycles. The first-order valence-corrected chi connectivity index (χ1v) is 15.1. The Hall–Kier alpha value is -3.63. The van der Waals surface area contributed by atoms with E-state index in [1.807, 2.05) is 0 Å². The van der Waals surface area contributed by atoms with Gasteiger partial charge in [-0.3, -0.25) is 9.36 Å². The first-order valence-electron chi connectivity index (χ1n) is 12.1. The van der Waals surface area contributed by atoms with Gasteiger partial charge in [-0.1, -0.05) is 65.7 Å². The quantitative estimate of drug-likeness (QED) is 0.328. The Morgan fingerprint density at radius 2 is 1.60 bits per heavy atom. The standard InChI is InChI=1S/C29H22Cl2N2O5S2/c1-2-38-29(35)24-23(18-10-14-20(31)15-11-18)25(40(36,37)21-6-4-3-5-7-21)26(32)33-27(34)22(39-28(24)33)16-17-8-12-19(30)13-9-17/h3-16,23H,2,32H2,1H3/b22-16-/t23-/m1/s1. The first kappa shape index (κ1) is 27.9. The van der Waals surface area contributed by atoms with Crippen LogP contribution in [0.1, 0.15) is 24.0 Å². The monoisotopic (exact) mass is 612 g/mol. The van der Waals surface area contributed by atoms with Crippen LogP contribution in [0.15, 0.2) is 93.5 Å². The molecule has 1 atom stereocenters. The van der Waals surface area contributed by atoms with Crippen molar-refractivity contribution in [3.63, 3.8) is 0 Å². The molecule has 0 saturated heterocycles. The van der Waals surface area contributed by atoms with Gasteiger partial charge in [0.25, 0.3) is 5.56 Å². The molecule has 4 aromatic rings.